The molecule has 6 heteroatoms. The van der Waals surface area contributed by atoms with E-state index < -0.39 is 10.0 Å². The van der Waals surface area contributed by atoms with Gasteiger partial charge in [-0.15, -0.1) is 0 Å². The van der Waals surface area contributed by atoms with E-state index in [1.807, 2.05) is 18.2 Å². The van der Waals surface area contributed by atoms with Gasteiger partial charge >= 0.3 is 0 Å². The highest BCUT2D eigenvalue weighted by Gasteiger charge is 2.28. The lowest BCUT2D eigenvalue weighted by Crippen LogP contribution is -2.50. The molecule has 1 fully saturated rings. The van der Waals surface area contributed by atoms with Gasteiger partial charge in [-0.1, -0.05) is 24.3 Å². The number of amides is 1. The van der Waals surface area contributed by atoms with Gasteiger partial charge in [0.2, 0.25) is 10.0 Å². The Balaban J connectivity index is 1.64. The van der Waals surface area contributed by atoms with Gasteiger partial charge in [0.1, 0.15) is 0 Å². The van der Waals surface area contributed by atoms with Crippen LogP contribution in [0.1, 0.15) is 21.5 Å². The van der Waals surface area contributed by atoms with Gasteiger partial charge in [0, 0.05) is 31.7 Å². The van der Waals surface area contributed by atoms with Crippen LogP contribution in [0.25, 0.3) is 10.8 Å². The molecule has 2 aromatic rings. The molecule has 1 saturated heterocycles. The van der Waals surface area contributed by atoms with Gasteiger partial charge < -0.3 is 4.90 Å². The maximum Gasteiger partial charge on any atom is 0.254 e. The lowest BCUT2D eigenvalue weighted by Gasteiger charge is -2.33. The SMILES string of the molecule is CS(=O)(=O)N1CCN(C(=O)c2ccc3c4c(cccc24)CC3)CC1. The number of hydrogen-bond donors (Lipinski definition) is 0. The molecule has 126 valence electrons. The summed E-state index contributed by atoms with van der Waals surface area (Å²) in [5, 5.41) is 2.26. The van der Waals surface area contributed by atoms with Crippen molar-refractivity contribution in [1.82, 2.24) is 9.21 Å². The molecule has 1 amide bonds. The van der Waals surface area contributed by atoms with Crippen LogP contribution in [0.5, 0.6) is 0 Å². The summed E-state index contributed by atoms with van der Waals surface area (Å²) >= 11 is 0. The second-order valence-electron chi connectivity index (χ2n) is 6.57. The molecule has 1 aliphatic carbocycles. The van der Waals surface area contributed by atoms with E-state index >= 15 is 0 Å². The van der Waals surface area contributed by atoms with Crippen molar-refractivity contribution in [3.05, 3.63) is 47.0 Å². The zero-order chi connectivity index (χ0) is 16.9. The summed E-state index contributed by atoms with van der Waals surface area (Å²) in [6, 6.07) is 10.2. The quantitative estimate of drug-likeness (QED) is 0.832. The van der Waals surface area contributed by atoms with Gasteiger partial charge in [0.15, 0.2) is 0 Å². The van der Waals surface area contributed by atoms with Gasteiger partial charge in [0.25, 0.3) is 5.91 Å². The molecule has 24 heavy (non-hydrogen) atoms. The number of aryl methyl sites for hydroxylation is 2. The van der Waals surface area contributed by atoms with Crippen LogP contribution >= 0.6 is 0 Å². The highest BCUT2D eigenvalue weighted by molar-refractivity contribution is 7.88. The first kappa shape index (κ1) is 15.6. The number of benzene rings is 2. The predicted molar refractivity (Wildman–Crippen MR) is 93.7 cm³/mol. The first-order valence-corrected chi connectivity index (χ1v) is 10.1. The molecule has 0 N–H and O–H groups in total. The molecular weight excluding hydrogens is 324 g/mol. The first-order valence-electron chi connectivity index (χ1n) is 8.23. The molecule has 0 bridgehead atoms. The van der Waals surface area contributed by atoms with Gasteiger partial charge in [-0.3, -0.25) is 4.79 Å². The number of rotatable bonds is 2. The average Bonchev–Trinajstić information content (AvgIpc) is 2.99. The van der Waals surface area contributed by atoms with E-state index in [1.54, 1.807) is 4.90 Å². The maximum atomic E-state index is 13.0. The molecule has 0 aromatic heterocycles. The van der Waals surface area contributed by atoms with Crippen molar-refractivity contribution in [3.8, 4) is 0 Å². The van der Waals surface area contributed by atoms with E-state index in [0.717, 1.165) is 23.8 Å². The first-order chi connectivity index (χ1) is 11.4. The molecule has 4 rings (SSSR count). The number of carbonyl (C=O) groups is 1. The zero-order valence-corrected chi connectivity index (χ0v) is 14.5. The Morgan fingerprint density at radius 2 is 1.62 bits per heavy atom. The Labute approximate surface area is 141 Å². The van der Waals surface area contributed by atoms with Gasteiger partial charge in [-0.05, 0) is 40.8 Å². The standard InChI is InChI=1S/C18H20N2O3S/c1-24(22,23)20-11-9-19(10-12-20)18(21)16-8-7-14-6-5-13-3-2-4-15(16)17(13)14/h2-4,7-8H,5-6,9-12H2,1H3. The number of hydrogen-bond acceptors (Lipinski definition) is 3. The zero-order valence-electron chi connectivity index (χ0n) is 13.7. The van der Waals surface area contributed by atoms with Crippen molar-refractivity contribution in [2.45, 2.75) is 12.8 Å². The van der Waals surface area contributed by atoms with Gasteiger partial charge in [-0.25, -0.2) is 8.42 Å². The molecule has 0 saturated carbocycles. The summed E-state index contributed by atoms with van der Waals surface area (Å²) in [5.74, 6) is -0.00116. The molecule has 2 aromatic carbocycles. The topological polar surface area (TPSA) is 57.7 Å². The Hall–Kier alpha value is -1.92. The largest absolute Gasteiger partial charge is 0.336 e. The van der Waals surface area contributed by atoms with Crippen LogP contribution < -0.4 is 0 Å². The van der Waals surface area contributed by atoms with Crippen molar-refractivity contribution in [3.63, 3.8) is 0 Å². The predicted octanol–water partition coefficient (Wildman–Crippen LogP) is 1.66. The highest BCUT2D eigenvalue weighted by atomic mass is 32.2. The second-order valence-corrected chi connectivity index (χ2v) is 8.55. The Bertz CT molecular complexity index is 918. The number of piperazine rings is 1. The monoisotopic (exact) mass is 344 g/mol. The van der Waals surface area contributed by atoms with Crippen molar-refractivity contribution < 1.29 is 13.2 Å². The van der Waals surface area contributed by atoms with Crippen LogP contribution in [0.3, 0.4) is 0 Å². The molecule has 1 aliphatic heterocycles. The molecule has 0 atom stereocenters. The van der Waals surface area contributed by atoms with Crippen LogP contribution in [0.2, 0.25) is 0 Å². The average molecular weight is 344 g/mol. The third-order valence-electron chi connectivity index (χ3n) is 5.10. The van der Waals surface area contributed by atoms with E-state index in [-0.39, 0.29) is 5.91 Å². The molecule has 2 aliphatic rings. The van der Waals surface area contributed by atoms with Crippen LogP contribution in [0.4, 0.5) is 0 Å². The normalized spacial score (nSPS) is 18.3. The lowest BCUT2D eigenvalue weighted by atomic mass is 9.99. The van der Waals surface area contributed by atoms with E-state index in [9.17, 15) is 13.2 Å². The summed E-state index contributed by atoms with van der Waals surface area (Å²) in [7, 11) is -3.18. The molecular formula is C18H20N2O3S. The van der Waals surface area contributed by atoms with Crippen LogP contribution in [-0.4, -0.2) is 56.0 Å². The Morgan fingerprint density at radius 3 is 2.29 bits per heavy atom. The molecule has 0 spiro atoms. The van der Waals surface area contributed by atoms with E-state index in [4.69, 9.17) is 0 Å². The van der Waals surface area contributed by atoms with Crippen LogP contribution in [-0.2, 0) is 22.9 Å². The number of carbonyl (C=O) groups excluding carboxylic acids is 1. The fourth-order valence-corrected chi connectivity index (χ4v) is 4.65. The third kappa shape index (κ3) is 2.50. The third-order valence-corrected chi connectivity index (χ3v) is 6.41. The lowest BCUT2D eigenvalue weighted by molar-refractivity contribution is 0.0700. The maximum absolute atomic E-state index is 13.0. The van der Waals surface area contributed by atoms with Gasteiger partial charge in [-0.2, -0.15) is 4.31 Å². The van der Waals surface area contributed by atoms with E-state index in [2.05, 4.69) is 12.1 Å². The van der Waals surface area contributed by atoms with Crippen molar-refractivity contribution in [2.75, 3.05) is 32.4 Å². The van der Waals surface area contributed by atoms with Gasteiger partial charge in [0.05, 0.1) is 6.26 Å². The molecule has 1 heterocycles. The summed E-state index contributed by atoms with van der Waals surface area (Å²) in [4.78, 5) is 14.7. The van der Waals surface area contributed by atoms with Crippen LogP contribution in [0.15, 0.2) is 30.3 Å². The van der Waals surface area contributed by atoms with E-state index in [0.29, 0.717) is 26.2 Å². The summed E-state index contributed by atoms with van der Waals surface area (Å²) in [5.41, 5.74) is 3.36. The highest BCUT2D eigenvalue weighted by Crippen LogP contribution is 2.33. The van der Waals surface area contributed by atoms with Crippen molar-refractivity contribution in [1.29, 1.82) is 0 Å². The Kier molecular flexibility index (Phi) is 3.62. The molecule has 5 nitrogen and oxygen atoms in total. The van der Waals surface area contributed by atoms with Crippen molar-refractivity contribution in [2.24, 2.45) is 0 Å². The van der Waals surface area contributed by atoms with Crippen molar-refractivity contribution >= 4 is 26.7 Å². The summed E-state index contributed by atoms with van der Waals surface area (Å²) in [6.45, 7) is 1.61. The number of nitrogens with zero attached hydrogens (tertiary/aromatic N) is 2. The van der Waals surface area contributed by atoms with E-state index in [1.165, 1.54) is 27.1 Å². The fourth-order valence-electron chi connectivity index (χ4n) is 3.83. The van der Waals surface area contributed by atoms with Crippen LogP contribution in [0, 0.1) is 0 Å². The second kappa shape index (κ2) is 5.57. The molecule has 0 radical (unpaired) electrons. The summed E-state index contributed by atoms with van der Waals surface area (Å²) < 4.78 is 24.7. The number of sulfonamides is 1. The Morgan fingerprint density at radius 1 is 0.958 bits per heavy atom. The smallest absolute Gasteiger partial charge is 0.254 e. The minimum atomic E-state index is -3.18. The minimum absolute atomic E-state index is 0.00116. The minimum Gasteiger partial charge on any atom is -0.336 e. The summed E-state index contributed by atoms with van der Waals surface area (Å²) in [6.07, 6.45) is 3.29. The fraction of sp³-hybridized carbons (Fsp3) is 0.389. The molecule has 0 unspecified atom stereocenters.